The number of nitrogens with zero attached hydrogens (tertiary/aromatic N) is 1. The van der Waals surface area contributed by atoms with Crippen LogP contribution in [0.25, 0.3) is 0 Å². The summed E-state index contributed by atoms with van der Waals surface area (Å²) in [4.78, 5) is 4.30. The molecular formula is C12H15FN2O. The molecule has 0 saturated heterocycles. The first-order chi connectivity index (χ1) is 7.79. The van der Waals surface area contributed by atoms with Gasteiger partial charge < -0.3 is 10.5 Å². The number of nitrogens with two attached hydrogens (primary N) is 1. The van der Waals surface area contributed by atoms with E-state index in [0.29, 0.717) is 13.1 Å². The summed E-state index contributed by atoms with van der Waals surface area (Å²) in [7, 11) is 0. The SMILES string of the molecule is NCCCC1=NCC(c2ccc(F)cc2)O1. The normalized spacial score (nSPS) is 19.4. The van der Waals surface area contributed by atoms with E-state index in [1.54, 1.807) is 12.1 Å². The maximum absolute atomic E-state index is 12.7. The molecule has 0 saturated carbocycles. The van der Waals surface area contributed by atoms with Crippen LogP contribution >= 0.6 is 0 Å². The molecule has 1 atom stereocenters. The van der Waals surface area contributed by atoms with Gasteiger partial charge in [0, 0.05) is 6.42 Å². The number of hydrogen-bond donors (Lipinski definition) is 1. The van der Waals surface area contributed by atoms with Gasteiger partial charge in [0.15, 0.2) is 5.90 Å². The molecule has 2 rings (SSSR count). The summed E-state index contributed by atoms with van der Waals surface area (Å²) in [6, 6.07) is 6.36. The predicted octanol–water partition coefficient (Wildman–Crippen LogP) is 2.03. The Morgan fingerprint density at radius 1 is 1.38 bits per heavy atom. The molecule has 3 nitrogen and oxygen atoms in total. The number of hydrogen-bond acceptors (Lipinski definition) is 3. The minimum absolute atomic E-state index is 0.0617. The molecular weight excluding hydrogens is 207 g/mol. The molecule has 1 unspecified atom stereocenters. The molecule has 1 aliphatic rings. The molecule has 1 heterocycles. The summed E-state index contributed by atoms with van der Waals surface area (Å²) in [5.41, 5.74) is 6.38. The first-order valence-electron chi connectivity index (χ1n) is 5.45. The molecule has 16 heavy (non-hydrogen) atoms. The Kier molecular flexibility index (Phi) is 3.51. The highest BCUT2D eigenvalue weighted by Gasteiger charge is 2.20. The highest BCUT2D eigenvalue weighted by molar-refractivity contribution is 5.77. The van der Waals surface area contributed by atoms with Gasteiger partial charge in [0.25, 0.3) is 0 Å². The fourth-order valence-corrected chi connectivity index (χ4v) is 1.67. The third kappa shape index (κ3) is 2.58. The Bertz CT molecular complexity index is 375. The van der Waals surface area contributed by atoms with E-state index in [2.05, 4.69) is 4.99 Å². The lowest BCUT2D eigenvalue weighted by molar-refractivity contribution is 0.223. The molecule has 0 radical (unpaired) electrons. The first kappa shape index (κ1) is 11.1. The van der Waals surface area contributed by atoms with E-state index >= 15 is 0 Å². The van der Waals surface area contributed by atoms with E-state index in [1.807, 2.05) is 0 Å². The summed E-state index contributed by atoms with van der Waals surface area (Å²) in [5.74, 6) is 0.533. The Hall–Kier alpha value is -1.42. The van der Waals surface area contributed by atoms with Crippen molar-refractivity contribution in [2.45, 2.75) is 18.9 Å². The Morgan fingerprint density at radius 2 is 2.12 bits per heavy atom. The number of aliphatic imine (C=N–C) groups is 1. The van der Waals surface area contributed by atoms with Crippen LogP contribution in [0.5, 0.6) is 0 Å². The summed E-state index contributed by atoms with van der Waals surface area (Å²) >= 11 is 0. The molecule has 1 aromatic carbocycles. The second kappa shape index (κ2) is 5.07. The van der Waals surface area contributed by atoms with Crippen LogP contribution in [-0.4, -0.2) is 19.0 Å². The summed E-state index contributed by atoms with van der Waals surface area (Å²) in [6.45, 7) is 1.26. The van der Waals surface area contributed by atoms with E-state index in [1.165, 1.54) is 12.1 Å². The molecule has 2 N–H and O–H groups in total. The van der Waals surface area contributed by atoms with Crippen molar-refractivity contribution in [3.8, 4) is 0 Å². The van der Waals surface area contributed by atoms with Crippen molar-refractivity contribution in [3.63, 3.8) is 0 Å². The van der Waals surface area contributed by atoms with E-state index in [4.69, 9.17) is 10.5 Å². The average molecular weight is 222 g/mol. The summed E-state index contributed by atoms with van der Waals surface area (Å²) in [6.07, 6.45) is 1.61. The molecule has 0 amide bonds. The average Bonchev–Trinajstić information content (AvgIpc) is 2.76. The number of halogens is 1. The second-order valence-electron chi connectivity index (χ2n) is 3.78. The van der Waals surface area contributed by atoms with Crippen LogP contribution in [0.4, 0.5) is 4.39 Å². The second-order valence-corrected chi connectivity index (χ2v) is 3.78. The topological polar surface area (TPSA) is 47.6 Å². The molecule has 0 fully saturated rings. The summed E-state index contributed by atoms with van der Waals surface area (Å²) < 4.78 is 18.4. The van der Waals surface area contributed by atoms with Gasteiger partial charge in [-0.2, -0.15) is 0 Å². The van der Waals surface area contributed by atoms with Crippen LogP contribution in [-0.2, 0) is 4.74 Å². The van der Waals surface area contributed by atoms with Crippen LogP contribution in [0.1, 0.15) is 24.5 Å². The minimum Gasteiger partial charge on any atom is -0.471 e. The van der Waals surface area contributed by atoms with Gasteiger partial charge >= 0.3 is 0 Å². The van der Waals surface area contributed by atoms with Crippen LogP contribution in [0.2, 0.25) is 0 Å². The largest absolute Gasteiger partial charge is 0.471 e. The third-order valence-corrected chi connectivity index (χ3v) is 2.55. The quantitative estimate of drug-likeness (QED) is 0.847. The van der Waals surface area contributed by atoms with Gasteiger partial charge in [-0.3, -0.25) is 4.99 Å². The first-order valence-corrected chi connectivity index (χ1v) is 5.45. The lowest BCUT2D eigenvalue weighted by Gasteiger charge is -2.11. The number of benzene rings is 1. The number of ether oxygens (including phenoxy) is 1. The van der Waals surface area contributed by atoms with Crippen molar-refractivity contribution in [2.75, 3.05) is 13.1 Å². The van der Waals surface area contributed by atoms with Crippen LogP contribution in [0, 0.1) is 5.82 Å². The van der Waals surface area contributed by atoms with Crippen molar-refractivity contribution in [1.82, 2.24) is 0 Å². The fourth-order valence-electron chi connectivity index (χ4n) is 1.67. The lowest BCUT2D eigenvalue weighted by atomic mass is 10.1. The van der Waals surface area contributed by atoms with Gasteiger partial charge in [0.05, 0.1) is 6.54 Å². The Labute approximate surface area is 94.1 Å². The van der Waals surface area contributed by atoms with E-state index < -0.39 is 0 Å². The zero-order chi connectivity index (χ0) is 11.4. The standard InChI is InChI=1S/C12H15FN2O/c13-10-5-3-9(4-6-10)11-8-15-12(16-11)2-1-7-14/h3-6,11H,1-2,7-8,14H2. The van der Waals surface area contributed by atoms with Crippen molar-refractivity contribution in [3.05, 3.63) is 35.6 Å². The monoisotopic (exact) mass is 222 g/mol. The minimum atomic E-state index is -0.231. The molecule has 0 spiro atoms. The van der Waals surface area contributed by atoms with Gasteiger partial charge in [0.1, 0.15) is 11.9 Å². The van der Waals surface area contributed by atoms with E-state index in [9.17, 15) is 4.39 Å². The van der Waals surface area contributed by atoms with Gasteiger partial charge in [-0.25, -0.2) is 4.39 Å². The Balaban J connectivity index is 1.93. The molecule has 1 aliphatic heterocycles. The maximum Gasteiger partial charge on any atom is 0.184 e. The third-order valence-electron chi connectivity index (χ3n) is 2.55. The zero-order valence-electron chi connectivity index (χ0n) is 9.03. The van der Waals surface area contributed by atoms with E-state index in [0.717, 1.165) is 24.3 Å². The maximum atomic E-state index is 12.7. The smallest absolute Gasteiger partial charge is 0.184 e. The van der Waals surface area contributed by atoms with Crippen molar-refractivity contribution in [1.29, 1.82) is 0 Å². The predicted molar refractivity (Wildman–Crippen MR) is 60.8 cm³/mol. The lowest BCUT2D eigenvalue weighted by Crippen LogP contribution is -2.07. The van der Waals surface area contributed by atoms with Crippen molar-refractivity contribution in [2.24, 2.45) is 10.7 Å². The molecule has 4 heteroatoms. The molecule has 1 aromatic rings. The van der Waals surface area contributed by atoms with Gasteiger partial charge in [0.2, 0.25) is 0 Å². The fraction of sp³-hybridized carbons (Fsp3) is 0.417. The molecule has 86 valence electrons. The van der Waals surface area contributed by atoms with Crippen LogP contribution in [0.3, 0.4) is 0 Å². The summed E-state index contributed by atoms with van der Waals surface area (Å²) in [5, 5.41) is 0. The molecule has 0 aromatic heterocycles. The van der Waals surface area contributed by atoms with Crippen molar-refractivity contribution >= 4 is 5.90 Å². The van der Waals surface area contributed by atoms with Crippen LogP contribution < -0.4 is 5.73 Å². The van der Waals surface area contributed by atoms with Gasteiger partial charge in [-0.15, -0.1) is 0 Å². The zero-order valence-corrected chi connectivity index (χ0v) is 9.03. The van der Waals surface area contributed by atoms with E-state index in [-0.39, 0.29) is 11.9 Å². The molecule has 0 bridgehead atoms. The number of rotatable bonds is 4. The highest BCUT2D eigenvalue weighted by atomic mass is 19.1. The van der Waals surface area contributed by atoms with Crippen LogP contribution in [0.15, 0.2) is 29.3 Å². The van der Waals surface area contributed by atoms with Gasteiger partial charge in [-0.1, -0.05) is 12.1 Å². The van der Waals surface area contributed by atoms with Gasteiger partial charge in [-0.05, 0) is 30.7 Å². The highest BCUT2D eigenvalue weighted by Crippen LogP contribution is 2.24. The van der Waals surface area contributed by atoms with Crippen molar-refractivity contribution < 1.29 is 9.13 Å². The molecule has 0 aliphatic carbocycles. The Morgan fingerprint density at radius 3 is 2.81 bits per heavy atom.